The van der Waals surface area contributed by atoms with Crippen molar-refractivity contribution in [2.75, 3.05) is 18.1 Å². The Balaban J connectivity index is 1.79. The molecule has 0 spiro atoms. The summed E-state index contributed by atoms with van der Waals surface area (Å²) in [5.41, 5.74) is 0. The molecule has 112 valence electrons. The Morgan fingerprint density at radius 1 is 1.00 bits per heavy atom. The van der Waals surface area contributed by atoms with Gasteiger partial charge in [0.15, 0.2) is 0 Å². The molecular formula is C16H31NOS. The van der Waals surface area contributed by atoms with Crippen LogP contribution < -0.4 is 5.32 Å². The summed E-state index contributed by atoms with van der Waals surface area (Å²) in [5, 5.41) is 3.74. The van der Waals surface area contributed by atoms with Gasteiger partial charge in [0.25, 0.3) is 0 Å². The fourth-order valence-corrected chi connectivity index (χ4v) is 4.68. The van der Waals surface area contributed by atoms with Crippen LogP contribution in [-0.4, -0.2) is 28.3 Å². The molecule has 0 aliphatic heterocycles. The molecule has 0 radical (unpaired) electrons. The lowest BCUT2D eigenvalue weighted by atomic mass is 9.71. The summed E-state index contributed by atoms with van der Waals surface area (Å²) in [6.07, 6.45) is 12.9. The van der Waals surface area contributed by atoms with E-state index in [0.29, 0.717) is 6.04 Å². The maximum absolute atomic E-state index is 11.5. The first-order valence-corrected chi connectivity index (χ1v) is 9.88. The fraction of sp³-hybridized carbons (Fsp3) is 1.00. The minimum absolute atomic E-state index is 0.610. The number of rotatable bonds is 6. The van der Waals surface area contributed by atoms with Gasteiger partial charge in [-0.05, 0) is 24.7 Å². The van der Waals surface area contributed by atoms with Gasteiger partial charge in [0.05, 0.1) is 0 Å². The van der Waals surface area contributed by atoms with Crippen molar-refractivity contribution in [1.82, 2.24) is 5.32 Å². The third-order valence-electron chi connectivity index (χ3n) is 5.13. The van der Waals surface area contributed by atoms with Crippen molar-refractivity contribution < 1.29 is 4.21 Å². The van der Waals surface area contributed by atoms with Gasteiger partial charge < -0.3 is 5.32 Å². The second-order valence-electron chi connectivity index (χ2n) is 6.34. The van der Waals surface area contributed by atoms with Crippen LogP contribution >= 0.6 is 0 Å². The van der Waals surface area contributed by atoms with E-state index in [0.717, 1.165) is 29.9 Å². The lowest BCUT2D eigenvalue weighted by Crippen LogP contribution is -2.43. The molecule has 0 saturated heterocycles. The topological polar surface area (TPSA) is 29.1 Å². The van der Waals surface area contributed by atoms with E-state index in [2.05, 4.69) is 5.32 Å². The van der Waals surface area contributed by atoms with Crippen LogP contribution in [0.25, 0.3) is 0 Å². The molecule has 0 heterocycles. The molecule has 0 bridgehead atoms. The number of nitrogens with one attached hydrogen (secondary N) is 1. The van der Waals surface area contributed by atoms with Gasteiger partial charge in [-0.1, -0.05) is 51.9 Å². The van der Waals surface area contributed by atoms with Crippen molar-refractivity contribution in [1.29, 1.82) is 0 Å². The monoisotopic (exact) mass is 285 g/mol. The molecule has 0 aromatic carbocycles. The Morgan fingerprint density at radius 3 is 2.42 bits per heavy atom. The summed E-state index contributed by atoms with van der Waals surface area (Å²) in [6.45, 7) is 2.97. The Labute approximate surface area is 121 Å². The van der Waals surface area contributed by atoms with Crippen LogP contribution in [0.5, 0.6) is 0 Å². The van der Waals surface area contributed by atoms with Gasteiger partial charge in [-0.2, -0.15) is 0 Å². The second-order valence-corrected chi connectivity index (χ2v) is 8.20. The van der Waals surface area contributed by atoms with E-state index < -0.39 is 10.8 Å². The normalized spacial score (nSPS) is 31.2. The van der Waals surface area contributed by atoms with E-state index in [1.807, 2.05) is 6.92 Å². The lowest BCUT2D eigenvalue weighted by molar-refractivity contribution is 0.151. The molecule has 2 rings (SSSR count). The summed E-state index contributed by atoms with van der Waals surface area (Å²) in [4.78, 5) is 0. The van der Waals surface area contributed by atoms with Crippen molar-refractivity contribution in [3.63, 3.8) is 0 Å². The Bertz CT molecular complexity index is 276. The molecule has 3 heteroatoms. The zero-order valence-electron chi connectivity index (χ0n) is 12.5. The van der Waals surface area contributed by atoms with E-state index >= 15 is 0 Å². The lowest BCUT2D eigenvalue weighted by Gasteiger charge is -2.39. The van der Waals surface area contributed by atoms with Gasteiger partial charge in [-0.25, -0.2) is 0 Å². The van der Waals surface area contributed by atoms with E-state index in [1.165, 1.54) is 57.8 Å². The molecule has 19 heavy (non-hydrogen) atoms. The fourth-order valence-electron chi connectivity index (χ4n) is 4.04. The van der Waals surface area contributed by atoms with Crippen LogP contribution in [0.15, 0.2) is 0 Å². The van der Waals surface area contributed by atoms with Gasteiger partial charge in [-0.3, -0.25) is 4.21 Å². The van der Waals surface area contributed by atoms with Gasteiger partial charge in [0.1, 0.15) is 0 Å². The Morgan fingerprint density at radius 2 is 1.68 bits per heavy atom. The molecule has 2 aliphatic carbocycles. The molecular weight excluding hydrogens is 254 g/mol. The smallest absolute Gasteiger partial charge is 0.0360 e. The first-order valence-electron chi connectivity index (χ1n) is 8.39. The summed E-state index contributed by atoms with van der Waals surface area (Å²) < 4.78 is 11.5. The van der Waals surface area contributed by atoms with Gasteiger partial charge in [0.2, 0.25) is 0 Å². The second kappa shape index (κ2) is 8.41. The molecule has 2 aliphatic rings. The van der Waals surface area contributed by atoms with Crippen LogP contribution in [0.1, 0.15) is 64.7 Å². The van der Waals surface area contributed by atoms with Crippen molar-refractivity contribution in [2.45, 2.75) is 70.8 Å². The Kier molecular flexibility index (Phi) is 6.86. The average molecular weight is 285 g/mol. The summed E-state index contributed by atoms with van der Waals surface area (Å²) >= 11 is 0. The van der Waals surface area contributed by atoms with Crippen LogP contribution in [0.4, 0.5) is 0 Å². The van der Waals surface area contributed by atoms with Crippen LogP contribution in [-0.2, 0) is 10.8 Å². The maximum Gasteiger partial charge on any atom is 0.0360 e. The molecule has 2 saturated carbocycles. The SMILES string of the molecule is CCS(=O)CCNC1CCCCC1C1CCCCC1. The molecule has 1 N–H and O–H groups in total. The highest BCUT2D eigenvalue weighted by Crippen LogP contribution is 2.38. The molecule has 0 amide bonds. The maximum atomic E-state index is 11.5. The van der Waals surface area contributed by atoms with Crippen molar-refractivity contribution in [3.05, 3.63) is 0 Å². The zero-order chi connectivity index (χ0) is 13.5. The minimum atomic E-state index is -0.610. The van der Waals surface area contributed by atoms with Crippen LogP contribution in [0.2, 0.25) is 0 Å². The van der Waals surface area contributed by atoms with E-state index in [4.69, 9.17) is 0 Å². The highest BCUT2D eigenvalue weighted by atomic mass is 32.2. The predicted octanol–water partition coefficient (Wildman–Crippen LogP) is 3.48. The molecule has 2 fully saturated rings. The van der Waals surface area contributed by atoms with Gasteiger partial charge >= 0.3 is 0 Å². The van der Waals surface area contributed by atoms with Crippen LogP contribution in [0.3, 0.4) is 0 Å². The molecule has 0 aromatic heterocycles. The van der Waals surface area contributed by atoms with Crippen molar-refractivity contribution in [2.24, 2.45) is 11.8 Å². The third-order valence-corrected chi connectivity index (χ3v) is 6.44. The molecule has 2 nitrogen and oxygen atoms in total. The van der Waals surface area contributed by atoms with E-state index in [1.54, 1.807) is 0 Å². The third kappa shape index (κ3) is 4.86. The molecule has 3 atom stereocenters. The van der Waals surface area contributed by atoms with Crippen LogP contribution in [0, 0.1) is 11.8 Å². The van der Waals surface area contributed by atoms with Crippen molar-refractivity contribution in [3.8, 4) is 0 Å². The quantitative estimate of drug-likeness (QED) is 0.809. The molecule has 0 aromatic rings. The highest BCUT2D eigenvalue weighted by Gasteiger charge is 2.31. The number of hydrogen-bond donors (Lipinski definition) is 1. The number of hydrogen-bond acceptors (Lipinski definition) is 2. The van der Waals surface area contributed by atoms with E-state index in [-0.39, 0.29) is 0 Å². The van der Waals surface area contributed by atoms with Crippen molar-refractivity contribution >= 4 is 10.8 Å². The Hall–Kier alpha value is 0.110. The summed E-state index contributed by atoms with van der Waals surface area (Å²) in [5.74, 6) is 3.52. The highest BCUT2D eigenvalue weighted by molar-refractivity contribution is 7.84. The first-order chi connectivity index (χ1) is 9.31. The standard InChI is InChI=1S/C16H31NOS/c1-2-19(18)13-12-17-16-11-7-6-10-15(16)14-8-4-3-5-9-14/h14-17H,2-13H2,1H3. The minimum Gasteiger partial charge on any atom is -0.313 e. The summed E-state index contributed by atoms with van der Waals surface area (Å²) in [6, 6.07) is 0.714. The summed E-state index contributed by atoms with van der Waals surface area (Å²) in [7, 11) is -0.610. The predicted molar refractivity (Wildman–Crippen MR) is 83.9 cm³/mol. The largest absolute Gasteiger partial charge is 0.313 e. The molecule has 3 unspecified atom stereocenters. The first kappa shape index (κ1) is 15.5. The van der Waals surface area contributed by atoms with E-state index in [9.17, 15) is 4.21 Å². The van der Waals surface area contributed by atoms with Gasteiger partial charge in [-0.15, -0.1) is 0 Å². The van der Waals surface area contributed by atoms with Gasteiger partial charge in [0, 0.05) is 34.9 Å². The average Bonchev–Trinajstić information content (AvgIpc) is 2.48. The zero-order valence-corrected chi connectivity index (χ0v) is 13.4.